The van der Waals surface area contributed by atoms with Crippen LogP contribution in [0.2, 0.25) is 0 Å². The lowest BCUT2D eigenvalue weighted by molar-refractivity contribution is 0.0461. The Hall–Kier alpha value is -1.08. The zero-order valence-electron chi connectivity index (χ0n) is 8.45. The number of hydrogen-bond acceptors (Lipinski definition) is 1. The highest BCUT2D eigenvalue weighted by molar-refractivity contribution is 5.26. The molecule has 0 bridgehead atoms. The van der Waals surface area contributed by atoms with Gasteiger partial charge < -0.3 is 4.74 Å². The van der Waals surface area contributed by atoms with E-state index in [1.165, 1.54) is 5.56 Å². The molecule has 1 nitrogen and oxygen atoms in total. The summed E-state index contributed by atoms with van der Waals surface area (Å²) in [4.78, 5) is 0. The van der Waals surface area contributed by atoms with E-state index in [1.54, 1.807) is 7.11 Å². The second kappa shape index (κ2) is 4.24. The third-order valence-corrected chi connectivity index (χ3v) is 2.26. The maximum atomic E-state index is 5.48. The number of benzene rings is 1. The summed E-state index contributed by atoms with van der Waals surface area (Å²) in [6, 6.07) is 10.2. The van der Waals surface area contributed by atoms with E-state index in [9.17, 15) is 0 Å². The molecule has 0 spiro atoms. The molecule has 0 aromatic heterocycles. The molecular formula is C12H16O. The molecule has 1 rings (SSSR count). The van der Waals surface area contributed by atoms with Gasteiger partial charge in [-0.05, 0) is 19.4 Å². The molecule has 0 aliphatic carbocycles. The molecule has 0 radical (unpaired) electrons. The fourth-order valence-corrected chi connectivity index (χ4v) is 1.37. The van der Waals surface area contributed by atoms with Crippen molar-refractivity contribution in [2.75, 3.05) is 7.11 Å². The summed E-state index contributed by atoms with van der Waals surface area (Å²) in [6.45, 7) is 4.06. The largest absolute Gasteiger partial charge is 0.370 e. The molecule has 0 heterocycles. The highest BCUT2D eigenvalue weighted by Gasteiger charge is 2.21. The zero-order chi connectivity index (χ0) is 9.73. The highest BCUT2D eigenvalue weighted by Crippen LogP contribution is 2.25. The maximum Gasteiger partial charge on any atom is 0.108 e. The Balaban J connectivity index is 3.03. The van der Waals surface area contributed by atoms with Gasteiger partial charge >= 0.3 is 0 Å². The Morgan fingerprint density at radius 2 is 1.85 bits per heavy atom. The van der Waals surface area contributed by atoms with Gasteiger partial charge in [-0.3, -0.25) is 0 Å². The van der Waals surface area contributed by atoms with E-state index < -0.39 is 0 Å². The van der Waals surface area contributed by atoms with E-state index in [0.29, 0.717) is 0 Å². The lowest BCUT2D eigenvalue weighted by atomic mass is 9.95. The number of methoxy groups -OCH3 is 1. The summed E-state index contributed by atoms with van der Waals surface area (Å²) < 4.78 is 5.48. The fraction of sp³-hybridized carbons (Fsp3) is 0.333. The molecule has 1 atom stereocenters. The molecule has 1 aromatic carbocycles. The smallest absolute Gasteiger partial charge is 0.108 e. The van der Waals surface area contributed by atoms with Gasteiger partial charge in [-0.1, -0.05) is 42.5 Å². The molecule has 0 fully saturated rings. The van der Waals surface area contributed by atoms with Crippen molar-refractivity contribution in [3.8, 4) is 0 Å². The van der Waals surface area contributed by atoms with Crippen molar-refractivity contribution in [3.05, 3.63) is 48.0 Å². The predicted molar refractivity (Wildman–Crippen MR) is 55.6 cm³/mol. The molecule has 0 amide bonds. The molecule has 0 saturated heterocycles. The Bertz CT molecular complexity index is 276. The molecule has 70 valence electrons. The first-order valence-corrected chi connectivity index (χ1v) is 4.47. The van der Waals surface area contributed by atoms with E-state index in [2.05, 4.69) is 25.1 Å². The maximum absolute atomic E-state index is 5.48. The number of hydrogen-bond donors (Lipinski definition) is 0. The third kappa shape index (κ3) is 2.19. The summed E-state index contributed by atoms with van der Waals surface area (Å²) >= 11 is 0. The van der Waals surface area contributed by atoms with Crippen LogP contribution < -0.4 is 0 Å². The van der Waals surface area contributed by atoms with E-state index in [-0.39, 0.29) is 5.60 Å². The molecule has 0 aliphatic rings. The van der Waals surface area contributed by atoms with Gasteiger partial charge in [0.1, 0.15) is 5.60 Å². The molecule has 0 N–H and O–H groups in total. The average Bonchev–Trinajstić information content (AvgIpc) is 2.19. The molecule has 0 saturated carbocycles. The fourth-order valence-electron chi connectivity index (χ4n) is 1.37. The summed E-state index contributed by atoms with van der Waals surface area (Å²) in [5.41, 5.74) is 0.881. The van der Waals surface area contributed by atoms with Gasteiger partial charge in [-0.2, -0.15) is 0 Å². The highest BCUT2D eigenvalue weighted by atomic mass is 16.5. The Labute approximate surface area is 80.0 Å². The van der Waals surface area contributed by atoms with E-state index in [0.717, 1.165) is 0 Å². The first-order chi connectivity index (χ1) is 6.23. The summed E-state index contributed by atoms with van der Waals surface area (Å²) in [7, 11) is 1.73. The van der Waals surface area contributed by atoms with Crippen LogP contribution in [0.3, 0.4) is 0 Å². The number of allylic oxidation sites excluding steroid dienone is 1. The van der Waals surface area contributed by atoms with Gasteiger partial charge in [0.15, 0.2) is 0 Å². The molecule has 0 aliphatic heterocycles. The minimum absolute atomic E-state index is 0.296. The Morgan fingerprint density at radius 3 is 2.31 bits per heavy atom. The van der Waals surface area contributed by atoms with Gasteiger partial charge in [0.05, 0.1) is 0 Å². The quantitative estimate of drug-likeness (QED) is 0.643. The first-order valence-electron chi connectivity index (χ1n) is 4.47. The molecule has 1 aromatic rings. The molecule has 13 heavy (non-hydrogen) atoms. The van der Waals surface area contributed by atoms with Crippen LogP contribution in [0.25, 0.3) is 0 Å². The van der Waals surface area contributed by atoms with Crippen molar-refractivity contribution in [2.24, 2.45) is 0 Å². The van der Waals surface area contributed by atoms with Gasteiger partial charge in [-0.15, -0.1) is 0 Å². The second-order valence-electron chi connectivity index (χ2n) is 3.18. The monoisotopic (exact) mass is 176 g/mol. The van der Waals surface area contributed by atoms with Crippen LogP contribution in [0, 0.1) is 0 Å². The van der Waals surface area contributed by atoms with Crippen molar-refractivity contribution in [3.63, 3.8) is 0 Å². The van der Waals surface area contributed by atoms with E-state index >= 15 is 0 Å². The first kappa shape index (κ1) is 10.0. The van der Waals surface area contributed by atoms with Gasteiger partial charge in [-0.25, -0.2) is 0 Å². The lowest BCUT2D eigenvalue weighted by Gasteiger charge is -2.24. The normalized spacial score (nSPS) is 15.9. The Morgan fingerprint density at radius 1 is 1.23 bits per heavy atom. The van der Waals surface area contributed by atoms with E-state index in [1.807, 2.05) is 31.2 Å². The van der Waals surface area contributed by atoms with Crippen molar-refractivity contribution in [1.82, 2.24) is 0 Å². The molecular weight excluding hydrogens is 160 g/mol. The van der Waals surface area contributed by atoms with Crippen LogP contribution in [-0.4, -0.2) is 7.11 Å². The van der Waals surface area contributed by atoms with Gasteiger partial charge in [0.2, 0.25) is 0 Å². The second-order valence-corrected chi connectivity index (χ2v) is 3.18. The minimum Gasteiger partial charge on any atom is -0.370 e. The standard InChI is InChI=1S/C12H16O/c1-4-10-12(2,13-3)11-8-6-5-7-9-11/h4-10H,1-3H3/b10-4+. The van der Waals surface area contributed by atoms with Crippen molar-refractivity contribution in [2.45, 2.75) is 19.4 Å². The Kier molecular flexibility index (Phi) is 3.26. The van der Waals surface area contributed by atoms with Crippen molar-refractivity contribution >= 4 is 0 Å². The predicted octanol–water partition coefficient (Wildman–Crippen LogP) is 3.12. The van der Waals surface area contributed by atoms with Crippen LogP contribution in [0.15, 0.2) is 42.5 Å². The molecule has 1 heteroatoms. The van der Waals surface area contributed by atoms with Crippen LogP contribution in [0.4, 0.5) is 0 Å². The third-order valence-electron chi connectivity index (χ3n) is 2.26. The van der Waals surface area contributed by atoms with Crippen molar-refractivity contribution in [1.29, 1.82) is 0 Å². The van der Waals surface area contributed by atoms with Gasteiger partial charge in [0, 0.05) is 7.11 Å². The van der Waals surface area contributed by atoms with Crippen LogP contribution in [0.1, 0.15) is 19.4 Å². The van der Waals surface area contributed by atoms with Crippen molar-refractivity contribution < 1.29 is 4.74 Å². The topological polar surface area (TPSA) is 9.23 Å². The number of rotatable bonds is 3. The number of ether oxygens (including phenoxy) is 1. The van der Waals surface area contributed by atoms with Gasteiger partial charge in [0.25, 0.3) is 0 Å². The lowest BCUT2D eigenvalue weighted by Crippen LogP contribution is -2.20. The average molecular weight is 176 g/mol. The zero-order valence-corrected chi connectivity index (χ0v) is 8.45. The summed E-state index contributed by atoms with van der Waals surface area (Å²) in [5, 5.41) is 0. The summed E-state index contributed by atoms with van der Waals surface area (Å²) in [6.07, 6.45) is 4.07. The van der Waals surface area contributed by atoms with Crippen LogP contribution in [0.5, 0.6) is 0 Å². The van der Waals surface area contributed by atoms with Crippen LogP contribution in [-0.2, 0) is 10.3 Å². The molecule has 1 unspecified atom stereocenters. The minimum atomic E-state index is -0.296. The van der Waals surface area contributed by atoms with Crippen LogP contribution >= 0.6 is 0 Å². The summed E-state index contributed by atoms with van der Waals surface area (Å²) in [5.74, 6) is 0. The van der Waals surface area contributed by atoms with E-state index in [4.69, 9.17) is 4.74 Å². The SMILES string of the molecule is C/C=C/C(C)(OC)c1ccccc1.